The van der Waals surface area contributed by atoms with E-state index in [1.165, 1.54) is 22.5 Å². The van der Waals surface area contributed by atoms with Crippen molar-refractivity contribution in [1.29, 1.82) is 0 Å². The Morgan fingerprint density at radius 3 is 2.86 bits per heavy atom. The molecule has 5 nitrogen and oxygen atoms in total. The van der Waals surface area contributed by atoms with Gasteiger partial charge < -0.3 is 4.42 Å². The Morgan fingerprint density at radius 2 is 2.19 bits per heavy atom. The number of hydrogen-bond donors (Lipinski definition) is 1. The number of nitrogens with zero attached hydrogens (tertiary/aromatic N) is 1. The van der Waals surface area contributed by atoms with Crippen molar-refractivity contribution < 1.29 is 14.0 Å². The zero-order chi connectivity index (χ0) is 14.8. The van der Waals surface area contributed by atoms with Gasteiger partial charge in [0.2, 0.25) is 0 Å². The summed E-state index contributed by atoms with van der Waals surface area (Å²) in [7, 11) is 0. The van der Waals surface area contributed by atoms with E-state index >= 15 is 0 Å². The van der Waals surface area contributed by atoms with Crippen LogP contribution in [-0.2, 0) is 16.1 Å². The summed E-state index contributed by atoms with van der Waals surface area (Å²) in [6.07, 6.45) is 3.09. The third-order valence-corrected chi connectivity index (χ3v) is 4.05. The van der Waals surface area contributed by atoms with E-state index in [1.807, 2.05) is 17.5 Å². The highest BCUT2D eigenvalue weighted by Gasteiger charge is 2.33. The van der Waals surface area contributed by atoms with Gasteiger partial charge in [0.1, 0.15) is 11.3 Å². The van der Waals surface area contributed by atoms with Crippen molar-refractivity contribution in [2.75, 3.05) is 0 Å². The van der Waals surface area contributed by atoms with Crippen LogP contribution in [0.1, 0.15) is 10.6 Å². The molecule has 0 unspecified atom stereocenters. The van der Waals surface area contributed by atoms with E-state index in [4.69, 9.17) is 16.6 Å². The largest absolute Gasteiger partial charge is 0.467 e. The molecule has 0 bridgehead atoms. The molecule has 1 aliphatic heterocycles. The molecule has 3 rings (SSSR count). The molecular weight excluding hydrogens is 308 g/mol. The molecule has 1 aliphatic rings. The normalized spacial score (nSPS) is 17.4. The van der Waals surface area contributed by atoms with E-state index in [0.29, 0.717) is 5.76 Å². The molecule has 1 fully saturated rings. The van der Waals surface area contributed by atoms with Crippen LogP contribution in [0.3, 0.4) is 0 Å². The Hall–Kier alpha value is -2.25. The zero-order valence-corrected chi connectivity index (χ0v) is 12.4. The van der Waals surface area contributed by atoms with Crippen LogP contribution in [0.2, 0.25) is 0 Å². The monoisotopic (exact) mass is 318 g/mol. The fourth-order valence-corrected chi connectivity index (χ4v) is 2.81. The van der Waals surface area contributed by atoms with Gasteiger partial charge in [-0.3, -0.25) is 19.8 Å². The first-order chi connectivity index (χ1) is 10.1. The highest BCUT2D eigenvalue weighted by Crippen LogP contribution is 2.19. The van der Waals surface area contributed by atoms with Gasteiger partial charge in [0.15, 0.2) is 5.11 Å². The van der Waals surface area contributed by atoms with Gasteiger partial charge in [-0.2, -0.15) is 0 Å². The van der Waals surface area contributed by atoms with E-state index in [0.717, 1.165) is 4.88 Å². The first-order valence-corrected chi connectivity index (χ1v) is 7.38. The number of nitrogens with one attached hydrogen (secondary N) is 1. The first kappa shape index (κ1) is 13.7. The second-order valence-electron chi connectivity index (χ2n) is 4.30. The van der Waals surface area contributed by atoms with Crippen molar-refractivity contribution in [1.82, 2.24) is 10.2 Å². The van der Waals surface area contributed by atoms with Crippen molar-refractivity contribution in [3.8, 4) is 0 Å². The van der Waals surface area contributed by atoms with E-state index < -0.39 is 11.8 Å². The fraction of sp³-hybridized carbons (Fsp3) is 0.0714. The second-order valence-corrected chi connectivity index (χ2v) is 5.67. The van der Waals surface area contributed by atoms with E-state index in [1.54, 1.807) is 18.2 Å². The maximum Gasteiger partial charge on any atom is 0.266 e. The van der Waals surface area contributed by atoms with Crippen LogP contribution in [0.15, 0.2) is 45.9 Å². The average Bonchev–Trinajstić information content (AvgIpc) is 3.13. The Labute approximate surface area is 129 Å². The Morgan fingerprint density at radius 1 is 1.33 bits per heavy atom. The summed E-state index contributed by atoms with van der Waals surface area (Å²) in [5, 5.41) is 4.49. The quantitative estimate of drug-likeness (QED) is 0.535. The fourth-order valence-electron chi connectivity index (χ4n) is 1.91. The van der Waals surface area contributed by atoms with Crippen molar-refractivity contribution in [3.05, 3.63) is 52.1 Å². The molecule has 2 aromatic rings. The molecule has 106 valence electrons. The number of carbonyl (C=O) groups excluding carboxylic acids is 2. The molecule has 7 heteroatoms. The van der Waals surface area contributed by atoms with Gasteiger partial charge in [-0.15, -0.1) is 11.3 Å². The van der Waals surface area contributed by atoms with Crippen molar-refractivity contribution in [3.63, 3.8) is 0 Å². The molecular formula is C14H10N2O3S2. The third kappa shape index (κ3) is 2.79. The Bertz CT molecular complexity index is 718. The summed E-state index contributed by atoms with van der Waals surface area (Å²) < 4.78 is 5.22. The zero-order valence-electron chi connectivity index (χ0n) is 10.7. The van der Waals surface area contributed by atoms with Gasteiger partial charge in [-0.05, 0) is 41.9 Å². The lowest BCUT2D eigenvalue weighted by Gasteiger charge is -2.28. The number of hydrogen-bond acceptors (Lipinski definition) is 5. The van der Waals surface area contributed by atoms with Crippen LogP contribution in [0.25, 0.3) is 6.08 Å². The van der Waals surface area contributed by atoms with Gasteiger partial charge in [0.25, 0.3) is 11.8 Å². The van der Waals surface area contributed by atoms with E-state index in [2.05, 4.69) is 5.32 Å². The van der Waals surface area contributed by atoms with E-state index in [-0.39, 0.29) is 17.2 Å². The van der Waals surface area contributed by atoms with Crippen LogP contribution in [0.5, 0.6) is 0 Å². The molecule has 0 aromatic carbocycles. The number of thiocarbonyl (C=S) groups is 1. The molecule has 1 N–H and O–H groups in total. The summed E-state index contributed by atoms with van der Waals surface area (Å²) in [5.74, 6) is -0.306. The number of carbonyl (C=O) groups is 2. The third-order valence-electron chi connectivity index (χ3n) is 2.91. The second kappa shape index (κ2) is 5.63. The van der Waals surface area contributed by atoms with Crippen LogP contribution in [-0.4, -0.2) is 21.8 Å². The smallest absolute Gasteiger partial charge is 0.266 e. The standard InChI is InChI=1S/C14H10N2O3S2/c17-12-11(7-10-4-2-6-21-10)13(18)16(14(20)15-12)8-9-3-1-5-19-9/h1-7H,8H2,(H,15,17,20)/b11-7+. The molecule has 2 amide bonds. The molecule has 0 radical (unpaired) electrons. The number of rotatable bonds is 3. The highest BCUT2D eigenvalue weighted by atomic mass is 32.1. The molecule has 0 spiro atoms. The van der Waals surface area contributed by atoms with Gasteiger partial charge in [0.05, 0.1) is 12.8 Å². The number of amides is 2. The van der Waals surface area contributed by atoms with Gasteiger partial charge in [-0.25, -0.2) is 0 Å². The maximum atomic E-state index is 12.5. The number of furan rings is 1. The molecule has 0 aliphatic carbocycles. The summed E-state index contributed by atoms with van der Waals surface area (Å²) >= 11 is 6.51. The van der Waals surface area contributed by atoms with Gasteiger partial charge in [0, 0.05) is 4.88 Å². The molecule has 0 saturated carbocycles. The van der Waals surface area contributed by atoms with Crippen molar-refractivity contribution in [2.45, 2.75) is 6.54 Å². The average molecular weight is 318 g/mol. The topological polar surface area (TPSA) is 62.6 Å². The van der Waals surface area contributed by atoms with Crippen LogP contribution in [0.4, 0.5) is 0 Å². The molecule has 0 atom stereocenters. The van der Waals surface area contributed by atoms with Crippen LogP contribution >= 0.6 is 23.6 Å². The molecule has 21 heavy (non-hydrogen) atoms. The lowest BCUT2D eigenvalue weighted by Crippen LogP contribution is -2.53. The maximum absolute atomic E-state index is 12.5. The minimum Gasteiger partial charge on any atom is -0.467 e. The van der Waals surface area contributed by atoms with Gasteiger partial charge in [-0.1, -0.05) is 6.07 Å². The summed E-state index contributed by atoms with van der Waals surface area (Å²) in [6.45, 7) is 0.187. The Kier molecular flexibility index (Phi) is 3.68. The van der Waals surface area contributed by atoms with Crippen LogP contribution < -0.4 is 5.32 Å². The predicted octanol–water partition coefficient (Wildman–Crippen LogP) is 2.17. The molecule has 2 aromatic heterocycles. The number of thiophene rings is 1. The minimum absolute atomic E-state index is 0.0672. The van der Waals surface area contributed by atoms with Crippen LogP contribution in [0, 0.1) is 0 Å². The lowest BCUT2D eigenvalue weighted by molar-refractivity contribution is -0.129. The van der Waals surface area contributed by atoms with Crippen molar-refractivity contribution >= 4 is 46.6 Å². The Balaban J connectivity index is 1.90. The summed E-state index contributed by atoms with van der Waals surface area (Å²) in [6, 6.07) is 7.16. The van der Waals surface area contributed by atoms with E-state index in [9.17, 15) is 9.59 Å². The van der Waals surface area contributed by atoms with Crippen molar-refractivity contribution in [2.24, 2.45) is 0 Å². The van der Waals surface area contributed by atoms with Gasteiger partial charge >= 0.3 is 0 Å². The minimum atomic E-state index is -0.478. The summed E-state index contributed by atoms with van der Waals surface area (Å²) in [5.41, 5.74) is 0.0672. The lowest BCUT2D eigenvalue weighted by atomic mass is 10.1. The predicted molar refractivity (Wildman–Crippen MR) is 82.3 cm³/mol. The summed E-state index contributed by atoms with van der Waals surface area (Å²) in [4.78, 5) is 26.6. The SMILES string of the molecule is O=C1NC(=S)N(Cc2ccco2)C(=O)/C1=C/c1cccs1. The first-order valence-electron chi connectivity index (χ1n) is 6.10. The molecule has 1 saturated heterocycles. The molecule has 3 heterocycles. The highest BCUT2D eigenvalue weighted by molar-refractivity contribution is 7.80.